The monoisotopic (exact) mass is 258 g/mol. The van der Waals surface area contributed by atoms with Crippen molar-refractivity contribution < 1.29 is 23.4 Å². The predicted molar refractivity (Wildman–Crippen MR) is 62.3 cm³/mol. The number of esters is 1. The van der Waals surface area contributed by atoms with E-state index in [1.807, 2.05) is 0 Å². The van der Waals surface area contributed by atoms with Gasteiger partial charge in [0.15, 0.2) is 6.10 Å². The van der Waals surface area contributed by atoms with E-state index >= 15 is 0 Å². The minimum absolute atomic E-state index is 0.0829. The average molecular weight is 258 g/mol. The van der Waals surface area contributed by atoms with Crippen molar-refractivity contribution in [3.05, 3.63) is 34.9 Å². The van der Waals surface area contributed by atoms with Gasteiger partial charge in [-0.2, -0.15) is 0 Å². The highest BCUT2D eigenvalue weighted by molar-refractivity contribution is 5.77. The molecule has 1 atom stereocenters. The molecule has 0 heterocycles. The Labute approximate surface area is 104 Å². The van der Waals surface area contributed by atoms with Gasteiger partial charge in [-0.1, -0.05) is 23.8 Å². The maximum absolute atomic E-state index is 13.4. The van der Waals surface area contributed by atoms with Crippen LogP contribution in [0.2, 0.25) is 0 Å². The number of carbonyl (C=O) groups is 1. The van der Waals surface area contributed by atoms with E-state index in [9.17, 15) is 18.7 Å². The van der Waals surface area contributed by atoms with Crippen LogP contribution in [0.15, 0.2) is 18.2 Å². The van der Waals surface area contributed by atoms with E-state index < -0.39 is 18.0 Å². The first-order valence-electron chi connectivity index (χ1n) is 5.61. The van der Waals surface area contributed by atoms with Gasteiger partial charge in [0.1, 0.15) is 0 Å². The Morgan fingerprint density at radius 2 is 2.11 bits per heavy atom. The molecule has 18 heavy (non-hydrogen) atoms. The molecule has 0 saturated heterocycles. The van der Waals surface area contributed by atoms with E-state index in [0.717, 1.165) is 6.92 Å². The fourth-order valence-corrected chi connectivity index (χ4v) is 1.66. The van der Waals surface area contributed by atoms with Crippen molar-refractivity contribution in [2.75, 3.05) is 6.61 Å². The van der Waals surface area contributed by atoms with Gasteiger partial charge in [-0.05, 0) is 13.8 Å². The molecule has 0 aliphatic carbocycles. The van der Waals surface area contributed by atoms with Crippen molar-refractivity contribution in [2.24, 2.45) is 0 Å². The van der Waals surface area contributed by atoms with Crippen LogP contribution in [-0.2, 0) is 15.5 Å². The number of hydrogen-bond acceptors (Lipinski definition) is 3. The van der Waals surface area contributed by atoms with E-state index in [0.29, 0.717) is 5.56 Å². The van der Waals surface area contributed by atoms with Gasteiger partial charge in [-0.25, -0.2) is 13.6 Å². The second-order valence-corrected chi connectivity index (χ2v) is 4.13. The Hall–Kier alpha value is -1.49. The molecule has 0 bridgehead atoms. The maximum atomic E-state index is 13.4. The highest BCUT2D eigenvalue weighted by Gasteiger charge is 2.32. The Bertz CT molecular complexity index is 438. The molecule has 3 nitrogen and oxygen atoms in total. The van der Waals surface area contributed by atoms with Crippen LogP contribution in [0, 0.1) is 6.92 Å². The van der Waals surface area contributed by atoms with Crippen LogP contribution in [0.25, 0.3) is 0 Å². The lowest BCUT2D eigenvalue weighted by atomic mass is 9.96. The molecule has 1 aromatic rings. The molecule has 100 valence electrons. The van der Waals surface area contributed by atoms with E-state index in [-0.39, 0.29) is 17.7 Å². The molecule has 0 aliphatic heterocycles. The summed E-state index contributed by atoms with van der Waals surface area (Å²) >= 11 is 0. The molecule has 1 rings (SSSR count). The van der Waals surface area contributed by atoms with Crippen LogP contribution in [0.3, 0.4) is 0 Å². The summed E-state index contributed by atoms with van der Waals surface area (Å²) < 4.78 is 31.4. The van der Waals surface area contributed by atoms with Gasteiger partial charge in [0.2, 0.25) is 0 Å². The zero-order valence-corrected chi connectivity index (χ0v) is 10.5. The smallest absolute Gasteiger partial charge is 0.339 e. The summed E-state index contributed by atoms with van der Waals surface area (Å²) in [5.41, 5.74) is 0.205. The van der Waals surface area contributed by atoms with Crippen LogP contribution < -0.4 is 0 Å². The van der Waals surface area contributed by atoms with Gasteiger partial charge in [0, 0.05) is 18.1 Å². The lowest BCUT2D eigenvalue weighted by molar-refractivity contribution is -0.153. The third-order valence-corrected chi connectivity index (χ3v) is 2.48. The maximum Gasteiger partial charge on any atom is 0.339 e. The summed E-state index contributed by atoms with van der Waals surface area (Å²) in [5, 5.41) is 9.78. The number of aliphatic hydroxyl groups excluding tert-OH is 1. The quantitative estimate of drug-likeness (QED) is 0.845. The molecule has 0 aliphatic rings. The van der Waals surface area contributed by atoms with Crippen molar-refractivity contribution in [3.8, 4) is 0 Å². The number of halogens is 2. The van der Waals surface area contributed by atoms with E-state index in [1.54, 1.807) is 13.8 Å². The van der Waals surface area contributed by atoms with Crippen molar-refractivity contribution in [3.63, 3.8) is 0 Å². The molecule has 1 aromatic carbocycles. The van der Waals surface area contributed by atoms with Gasteiger partial charge in [-0.3, -0.25) is 0 Å². The Kier molecular flexibility index (Phi) is 4.40. The second kappa shape index (κ2) is 5.44. The van der Waals surface area contributed by atoms with Crippen molar-refractivity contribution in [2.45, 2.75) is 32.8 Å². The number of alkyl halides is 2. The number of aryl methyl sites for hydroxylation is 1. The van der Waals surface area contributed by atoms with Gasteiger partial charge < -0.3 is 9.84 Å². The molecular formula is C13H16F2O3. The van der Waals surface area contributed by atoms with Crippen LogP contribution in [0.5, 0.6) is 0 Å². The van der Waals surface area contributed by atoms with E-state index in [4.69, 9.17) is 0 Å². The zero-order chi connectivity index (χ0) is 13.9. The number of carbonyl (C=O) groups excluding carboxylic acids is 1. The zero-order valence-electron chi connectivity index (χ0n) is 10.5. The highest BCUT2D eigenvalue weighted by atomic mass is 19.3. The van der Waals surface area contributed by atoms with Gasteiger partial charge in [0.05, 0.1) is 6.61 Å². The second-order valence-electron chi connectivity index (χ2n) is 4.13. The Balaban J connectivity index is 3.21. The van der Waals surface area contributed by atoms with E-state index in [2.05, 4.69) is 4.74 Å². The molecular weight excluding hydrogens is 242 g/mol. The first-order chi connectivity index (χ1) is 8.27. The van der Waals surface area contributed by atoms with Gasteiger partial charge in [0.25, 0.3) is 5.92 Å². The molecule has 0 fully saturated rings. The molecule has 0 amide bonds. The summed E-state index contributed by atoms with van der Waals surface area (Å²) in [6.07, 6.45) is -1.69. The van der Waals surface area contributed by atoms with Crippen LogP contribution in [0.4, 0.5) is 8.78 Å². The van der Waals surface area contributed by atoms with Gasteiger partial charge in [-0.15, -0.1) is 0 Å². The summed E-state index contributed by atoms with van der Waals surface area (Å²) in [4.78, 5) is 11.4. The van der Waals surface area contributed by atoms with Gasteiger partial charge >= 0.3 is 5.97 Å². The number of hydrogen-bond donors (Lipinski definition) is 1. The predicted octanol–water partition coefficient (Wildman–Crippen LogP) is 2.70. The molecule has 0 saturated carbocycles. The molecule has 0 radical (unpaired) electrons. The minimum atomic E-state index is -3.13. The highest BCUT2D eigenvalue weighted by Crippen LogP contribution is 2.33. The summed E-state index contributed by atoms with van der Waals surface area (Å²) in [6.45, 7) is 4.08. The third kappa shape index (κ3) is 3.26. The molecule has 0 spiro atoms. The molecule has 1 N–H and O–H groups in total. The number of ether oxygens (including phenoxy) is 1. The number of benzene rings is 1. The molecule has 1 unspecified atom stereocenters. The standard InChI is InChI=1S/C13H16F2O3/c1-4-18-12(17)11(16)9-7-8(2)5-6-10(9)13(3,14)15/h5-7,11,16H,4H2,1-3H3. The van der Waals surface area contributed by atoms with E-state index in [1.165, 1.54) is 18.2 Å². The summed E-state index contributed by atoms with van der Waals surface area (Å²) in [5.74, 6) is -4.05. The lowest BCUT2D eigenvalue weighted by Crippen LogP contribution is -2.20. The SMILES string of the molecule is CCOC(=O)C(O)c1cc(C)ccc1C(C)(F)F. The van der Waals surface area contributed by atoms with Crippen LogP contribution in [0.1, 0.15) is 36.6 Å². The van der Waals surface area contributed by atoms with Crippen molar-refractivity contribution >= 4 is 5.97 Å². The lowest BCUT2D eigenvalue weighted by Gasteiger charge is -2.19. The van der Waals surface area contributed by atoms with Crippen LogP contribution >= 0.6 is 0 Å². The Morgan fingerprint density at radius 3 is 2.61 bits per heavy atom. The topological polar surface area (TPSA) is 46.5 Å². The normalized spacial score (nSPS) is 13.2. The van der Waals surface area contributed by atoms with Crippen LogP contribution in [-0.4, -0.2) is 17.7 Å². The Morgan fingerprint density at radius 1 is 1.50 bits per heavy atom. The van der Waals surface area contributed by atoms with Crippen molar-refractivity contribution in [1.29, 1.82) is 0 Å². The largest absolute Gasteiger partial charge is 0.464 e. The summed E-state index contributed by atoms with van der Waals surface area (Å²) in [7, 11) is 0. The number of rotatable bonds is 4. The average Bonchev–Trinajstić information content (AvgIpc) is 2.26. The first-order valence-corrected chi connectivity index (χ1v) is 5.61. The first kappa shape index (κ1) is 14.6. The minimum Gasteiger partial charge on any atom is -0.464 e. The van der Waals surface area contributed by atoms with Crippen molar-refractivity contribution in [1.82, 2.24) is 0 Å². The summed E-state index contributed by atoms with van der Waals surface area (Å²) in [6, 6.07) is 4.09. The molecule has 5 heteroatoms. The molecule has 0 aromatic heterocycles. The fraction of sp³-hybridized carbons (Fsp3) is 0.462. The number of aliphatic hydroxyl groups is 1. The third-order valence-electron chi connectivity index (χ3n) is 2.48. The fourth-order valence-electron chi connectivity index (χ4n) is 1.66.